The minimum atomic E-state index is -0.827. The molecule has 1 atom stereocenters. The summed E-state index contributed by atoms with van der Waals surface area (Å²) in [7, 11) is 1.91. The second-order valence-electron chi connectivity index (χ2n) is 3.94. The molecule has 0 saturated carbocycles. The molecule has 2 heterocycles. The molecule has 1 aliphatic heterocycles. The first-order chi connectivity index (χ1) is 8.18. The number of carboxylic acids is 1. The van der Waals surface area contributed by atoms with Crippen molar-refractivity contribution >= 4 is 29.5 Å². The van der Waals surface area contributed by atoms with Gasteiger partial charge < -0.3 is 9.67 Å². The van der Waals surface area contributed by atoms with Crippen molar-refractivity contribution in [3.8, 4) is 0 Å². The fraction of sp³-hybridized carbons (Fsp3) is 0.700. The van der Waals surface area contributed by atoms with E-state index >= 15 is 0 Å². The second kappa shape index (κ2) is 5.77. The fourth-order valence-electron chi connectivity index (χ4n) is 1.80. The third-order valence-electron chi connectivity index (χ3n) is 2.66. The topological polar surface area (TPSA) is 68.0 Å². The lowest BCUT2D eigenvalue weighted by Gasteiger charge is -2.20. The van der Waals surface area contributed by atoms with Crippen molar-refractivity contribution in [1.29, 1.82) is 0 Å². The van der Waals surface area contributed by atoms with Crippen LogP contribution in [0.2, 0.25) is 0 Å². The van der Waals surface area contributed by atoms with Crippen molar-refractivity contribution in [2.75, 3.05) is 11.5 Å². The molecule has 1 N–H and O–H groups in total. The maximum atomic E-state index is 10.5. The van der Waals surface area contributed by atoms with Gasteiger partial charge in [0.05, 0.1) is 11.0 Å². The Balaban J connectivity index is 2.05. The van der Waals surface area contributed by atoms with Crippen molar-refractivity contribution in [3.63, 3.8) is 0 Å². The van der Waals surface area contributed by atoms with Gasteiger partial charge in [-0.15, -0.1) is 10.2 Å². The van der Waals surface area contributed by atoms with Gasteiger partial charge in [0.1, 0.15) is 5.82 Å². The highest BCUT2D eigenvalue weighted by Gasteiger charge is 2.22. The normalized spacial score (nSPS) is 20.4. The Bertz CT molecular complexity index is 402. The number of nitrogens with zero attached hydrogens (tertiary/aromatic N) is 3. The van der Waals surface area contributed by atoms with Gasteiger partial charge in [-0.05, 0) is 18.6 Å². The van der Waals surface area contributed by atoms with Gasteiger partial charge in [-0.3, -0.25) is 4.79 Å². The molecule has 1 aromatic heterocycles. The Morgan fingerprint density at radius 2 is 2.41 bits per heavy atom. The predicted molar refractivity (Wildman–Crippen MR) is 68.4 cm³/mol. The summed E-state index contributed by atoms with van der Waals surface area (Å²) in [6, 6.07) is 0. The van der Waals surface area contributed by atoms with Gasteiger partial charge >= 0.3 is 5.97 Å². The average molecular weight is 273 g/mol. The number of aliphatic carboxylic acids is 1. The van der Waals surface area contributed by atoms with Crippen LogP contribution in [0.3, 0.4) is 0 Å². The number of hydrogen-bond donors (Lipinski definition) is 1. The first-order valence-electron chi connectivity index (χ1n) is 5.54. The number of carboxylic acid groups (broad SMARTS) is 1. The Hall–Kier alpha value is -0.690. The summed E-state index contributed by atoms with van der Waals surface area (Å²) in [6.45, 7) is 0. The molecule has 94 valence electrons. The van der Waals surface area contributed by atoms with Crippen molar-refractivity contribution in [2.24, 2.45) is 7.05 Å². The van der Waals surface area contributed by atoms with Gasteiger partial charge in [-0.25, -0.2) is 0 Å². The third kappa shape index (κ3) is 3.16. The standard InChI is InChI=1S/C10H15N3O2S2/c1-13-9(7-4-2-3-5-16-7)11-12-10(13)17-6-8(14)15/h7H,2-6H2,1H3,(H,14,15). The van der Waals surface area contributed by atoms with Crippen molar-refractivity contribution in [2.45, 2.75) is 29.7 Å². The summed E-state index contributed by atoms with van der Waals surface area (Å²) in [4.78, 5) is 10.5. The van der Waals surface area contributed by atoms with Gasteiger partial charge in [0.2, 0.25) is 0 Å². The predicted octanol–water partition coefficient (Wildman–Crippen LogP) is 1.95. The molecule has 0 aliphatic carbocycles. The van der Waals surface area contributed by atoms with E-state index in [1.54, 1.807) is 0 Å². The van der Waals surface area contributed by atoms with E-state index in [4.69, 9.17) is 5.11 Å². The molecular weight excluding hydrogens is 258 g/mol. The molecule has 1 aliphatic rings. The molecule has 0 aromatic carbocycles. The van der Waals surface area contributed by atoms with Crippen LogP contribution in [-0.4, -0.2) is 37.3 Å². The van der Waals surface area contributed by atoms with E-state index in [0.717, 1.165) is 12.2 Å². The maximum absolute atomic E-state index is 10.5. The SMILES string of the molecule is Cn1c(SCC(=O)O)nnc1C1CCCCS1. The summed E-state index contributed by atoms with van der Waals surface area (Å²) >= 11 is 3.14. The molecular formula is C10H15N3O2S2. The van der Waals surface area contributed by atoms with Crippen molar-refractivity contribution in [1.82, 2.24) is 14.8 Å². The molecule has 7 heteroatoms. The summed E-state index contributed by atoms with van der Waals surface area (Å²) in [6.07, 6.45) is 3.65. The maximum Gasteiger partial charge on any atom is 0.313 e. The molecule has 1 saturated heterocycles. The molecule has 5 nitrogen and oxygen atoms in total. The molecule has 0 spiro atoms. The summed E-state index contributed by atoms with van der Waals surface area (Å²) < 4.78 is 1.93. The molecule has 2 rings (SSSR count). The molecule has 17 heavy (non-hydrogen) atoms. The van der Waals surface area contributed by atoms with Crippen LogP contribution in [0.4, 0.5) is 0 Å². The van der Waals surface area contributed by atoms with E-state index in [1.807, 2.05) is 23.4 Å². The Morgan fingerprint density at radius 3 is 3.06 bits per heavy atom. The second-order valence-corrected chi connectivity index (χ2v) is 6.19. The van der Waals surface area contributed by atoms with E-state index in [0.29, 0.717) is 10.4 Å². The zero-order chi connectivity index (χ0) is 12.3. The van der Waals surface area contributed by atoms with Gasteiger partial charge in [0.25, 0.3) is 0 Å². The fourth-order valence-corrected chi connectivity index (χ4v) is 3.78. The van der Waals surface area contributed by atoms with Gasteiger partial charge in [0.15, 0.2) is 5.16 Å². The number of thioether (sulfide) groups is 2. The van der Waals surface area contributed by atoms with Gasteiger partial charge in [-0.2, -0.15) is 11.8 Å². The third-order valence-corrected chi connectivity index (χ3v) is 5.04. The molecule has 0 bridgehead atoms. The lowest BCUT2D eigenvalue weighted by molar-refractivity contribution is -0.133. The van der Waals surface area contributed by atoms with E-state index in [9.17, 15) is 4.79 Å². The van der Waals surface area contributed by atoms with Crippen LogP contribution < -0.4 is 0 Å². The molecule has 0 radical (unpaired) electrons. The first-order valence-corrected chi connectivity index (χ1v) is 7.57. The number of rotatable bonds is 4. The number of hydrogen-bond acceptors (Lipinski definition) is 5. The molecule has 0 amide bonds. The van der Waals surface area contributed by atoms with Crippen LogP contribution in [0.1, 0.15) is 30.3 Å². The first kappa shape index (κ1) is 12.8. The van der Waals surface area contributed by atoms with Crippen LogP contribution in [-0.2, 0) is 11.8 Å². The van der Waals surface area contributed by atoms with Gasteiger partial charge in [-0.1, -0.05) is 18.2 Å². The highest BCUT2D eigenvalue weighted by atomic mass is 32.2. The highest BCUT2D eigenvalue weighted by Crippen LogP contribution is 2.37. The van der Waals surface area contributed by atoms with E-state index < -0.39 is 5.97 Å². The zero-order valence-electron chi connectivity index (χ0n) is 9.63. The quantitative estimate of drug-likeness (QED) is 0.846. The summed E-state index contributed by atoms with van der Waals surface area (Å²) in [5.41, 5.74) is 0. The van der Waals surface area contributed by atoms with Crippen LogP contribution >= 0.6 is 23.5 Å². The minimum absolute atomic E-state index is 0.0315. The van der Waals surface area contributed by atoms with E-state index in [1.165, 1.54) is 30.4 Å². The highest BCUT2D eigenvalue weighted by molar-refractivity contribution is 8.00. The largest absolute Gasteiger partial charge is 0.481 e. The monoisotopic (exact) mass is 273 g/mol. The summed E-state index contributed by atoms with van der Waals surface area (Å²) in [5.74, 6) is 1.35. The van der Waals surface area contributed by atoms with Crippen LogP contribution in [0, 0.1) is 0 Å². The number of carbonyl (C=O) groups is 1. The Kier molecular flexibility index (Phi) is 4.33. The zero-order valence-corrected chi connectivity index (χ0v) is 11.3. The van der Waals surface area contributed by atoms with Crippen molar-refractivity contribution < 1.29 is 9.90 Å². The van der Waals surface area contributed by atoms with E-state index in [2.05, 4.69) is 10.2 Å². The minimum Gasteiger partial charge on any atom is -0.481 e. The molecule has 1 fully saturated rings. The van der Waals surface area contributed by atoms with Gasteiger partial charge in [0, 0.05) is 7.05 Å². The smallest absolute Gasteiger partial charge is 0.313 e. The van der Waals surface area contributed by atoms with Crippen LogP contribution in [0.15, 0.2) is 5.16 Å². The Morgan fingerprint density at radius 1 is 1.59 bits per heavy atom. The van der Waals surface area contributed by atoms with Crippen molar-refractivity contribution in [3.05, 3.63) is 5.82 Å². The lowest BCUT2D eigenvalue weighted by atomic mass is 10.2. The number of aromatic nitrogens is 3. The summed E-state index contributed by atoms with van der Waals surface area (Å²) in [5, 5.41) is 18.0. The Labute approximate surface area is 108 Å². The lowest BCUT2D eigenvalue weighted by Crippen LogP contribution is -2.08. The van der Waals surface area contributed by atoms with Crippen LogP contribution in [0.5, 0.6) is 0 Å². The molecule has 1 aromatic rings. The van der Waals surface area contributed by atoms with E-state index in [-0.39, 0.29) is 5.75 Å². The molecule has 1 unspecified atom stereocenters. The average Bonchev–Trinajstić information content (AvgIpc) is 2.69. The van der Waals surface area contributed by atoms with Crippen LogP contribution in [0.25, 0.3) is 0 Å².